The predicted molar refractivity (Wildman–Crippen MR) is 106 cm³/mol. The third-order valence-corrected chi connectivity index (χ3v) is 4.32. The molecule has 1 aromatic carbocycles. The average Bonchev–Trinajstić information content (AvgIpc) is 2.64. The van der Waals surface area contributed by atoms with Crippen molar-refractivity contribution < 1.29 is 28.6 Å². The van der Waals surface area contributed by atoms with Gasteiger partial charge >= 0.3 is 18.0 Å². The minimum absolute atomic E-state index is 0.0260. The summed E-state index contributed by atoms with van der Waals surface area (Å²) in [5, 5.41) is 5.07. The number of carbonyl (C=O) groups is 3. The summed E-state index contributed by atoms with van der Waals surface area (Å²) in [5.74, 6) is -0.653. The van der Waals surface area contributed by atoms with E-state index < -0.39 is 24.0 Å². The Morgan fingerprint density at radius 1 is 1.10 bits per heavy atom. The van der Waals surface area contributed by atoms with Gasteiger partial charge in [0.05, 0.1) is 23.9 Å². The summed E-state index contributed by atoms with van der Waals surface area (Å²) in [6, 6.07) is 6.45. The second-order valence-electron chi connectivity index (χ2n) is 7.66. The maximum atomic E-state index is 12.1. The largest absolute Gasteiger partial charge is 0.482 e. The molecule has 29 heavy (non-hydrogen) atoms. The van der Waals surface area contributed by atoms with Gasteiger partial charge in [0.2, 0.25) is 0 Å². The first-order valence-electron chi connectivity index (χ1n) is 9.48. The van der Waals surface area contributed by atoms with E-state index >= 15 is 0 Å². The van der Waals surface area contributed by atoms with Crippen molar-refractivity contribution in [1.82, 2.24) is 10.6 Å². The molecule has 0 saturated heterocycles. The minimum atomic E-state index is -0.624. The van der Waals surface area contributed by atoms with Crippen LogP contribution >= 0.6 is 0 Å². The molecule has 0 spiro atoms. The lowest BCUT2D eigenvalue weighted by Crippen LogP contribution is -2.50. The first kappa shape index (κ1) is 22.3. The van der Waals surface area contributed by atoms with Gasteiger partial charge < -0.3 is 24.8 Å². The second kappa shape index (κ2) is 9.45. The number of carbonyl (C=O) groups excluding carboxylic acids is 3. The number of urea groups is 1. The number of rotatable bonds is 7. The van der Waals surface area contributed by atoms with E-state index in [1.165, 1.54) is 0 Å². The maximum Gasteiger partial charge on any atom is 0.344 e. The Bertz CT molecular complexity index is 792. The third kappa shape index (κ3) is 6.23. The maximum absolute atomic E-state index is 12.1. The molecule has 1 atom stereocenters. The topological polar surface area (TPSA) is 103 Å². The molecule has 2 N–H and O–H groups in total. The van der Waals surface area contributed by atoms with Gasteiger partial charge in [0.15, 0.2) is 6.61 Å². The fourth-order valence-corrected chi connectivity index (χ4v) is 2.78. The molecule has 0 radical (unpaired) electrons. The van der Waals surface area contributed by atoms with Gasteiger partial charge in [-0.05, 0) is 37.0 Å². The monoisotopic (exact) mass is 404 g/mol. The van der Waals surface area contributed by atoms with Crippen LogP contribution in [-0.2, 0) is 24.5 Å². The van der Waals surface area contributed by atoms with Crippen molar-refractivity contribution in [2.24, 2.45) is 0 Å². The lowest BCUT2D eigenvalue weighted by atomic mass is 9.87. The van der Waals surface area contributed by atoms with E-state index in [9.17, 15) is 14.4 Å². The van der Waals surface area contributed by atoms with Crippen LogP contribution in [0.2, 0.25) is 0 Å². The van der Waals surface area contributed by atoms with E-state index in [1.807, 2.05) is 12.1 Å². The van der Waals surface area contributed by atoms with E-state index in [0.717, 1.165) is 5.56 Å². The molecule has 0 bridgehead atoms. The number of hydrogen-bond donors (Lipinski definition) is 2. The average molecular weight is 404 g/mol. The molecule has 8 nitrogen and oxygen atoms in total. The van der Waals surface area contributed by atoms with Crippen molar-refractivity contribution >= 4 is 18.0 Å². The molecule has 0 aromatic heterocycles. The number of nitrogens with one attached hydrogen (secondary N) is 2. The van der Waals surface area contributed by atoms with Crippen molar-refractivity contribution in [2.75, 3.05) is 19.8 Å². The third-order valence-electron chi connectivity index (χ3n) is 4.32. The molecular formula is C21H28N2O6. The van der Waals surface area contributed by atoms with Crippen LogP contribution in [0.15, 0.2) is 35.5 Å². The van der Waals surface area contributed by atoms with E-state index in [2.05, 4.69) is 31.4 Å². The van der Waals surface area contributed by atoms with E-state index in [4.69, 9.17) is 14.2 Å². The van der Waals surface area contributed by atoms with Gasteiger partial charge in [-0.15, -0.1) is 0 Å². The van der Waals surface area contributed by atoms with Crippen LogP contribution in [0.4, 0.5) is 4.79 Å². The van der Waals surface area contributed by atoms with Crippen LogP contribution in [0.3, 0.4) is 0 Å². The van der Waals surface area contributed by atoms with Gasteiger partial charge in [-0.3, -0.25) is 0 Å². The Labute approximate surface area is 170 Å². The normalized spacial score (nSPS) is 16.6. The Morgan fingerprint density at radius 3 is 2.34 bits per heavy atom. The fourth-order valence-electron chi connectivity index (χ4n) is 2.78. The van der Waals surface area contributed by atoms with Crippen LogP contribution in [0.25, 0.3) is 0 Å². The van der Waals surface area contributed by atoms with Crippen molar-refractivity contribution in [3.05, 3.63) is 41.1 Å². The molecule has 8 heteroatoms. The quantitative estimate of drug-likeness (QED) is 0.677. The molecule has 1 heterocycles. The standard InChI is InChI=1S/C21H28N2O6/c1-6-27-19(25)18-13(2)22-20(26)23-16(18)11-29-17(24)12-28-15-9-7-14(8-10-15)21(3,4)5/h7-10,13H,6,11-12H2,1-5H3,(H2,22,23,26). The van der Waals surface area contributed by atoms with E-state index in [0.29, 0.717) is 5.75 Å². The predicted octanol–water partition coefficient (Wildman–Crippen LogP) is 2.42. The first-order valence-corrected chi connectivity index (χ1v) is 9.48. The summed E-state index contributed by atoms with van der Waals surface area (Å²) >= 11 is 0. The van der Waals surface area contributed by atoms with Gasteiger partial charge in [-0.25, -0.2) is 14.4 Å². The summed E-state index contributed by atoms with van der Waals surface area (Å²) in [6.07, 6.45) is 0. The van der Waals surface area contributed by atoms with Crippen LogP contribution in [0, 0.1) is 0 Å². The summed E-state index contributed by atoms with van der Waals surface area (Å²) in [5.41, 5.74) is 1.60. The zero-order valence-corrected chi connectivity index (χ0v) is 17.5. The number of esters is 2. The second-order valence-corrected chi connectivity index (χ2v) is 7.66. The summed E-state index contributed by atoms with van der Waals surface area (Å²) in [6.45, 7) is 9.30. The summed E-state index contributed by atoms with van der Waals surface area (Å²) in [7, 11) is 0. The minimum Gasteiger partial charge on any atom is -0.482 e. The molecule has 1 unspecified atom stereocenters. The zero-order valence-electron chi connectivity index (χ0n) is 17.5. The van der Waals surface area contributed by atoms with Gasteiger partial charge in [0.1, 0.15) is 12.4 Å². The summed E-state index contributed by atoms with van der Waals surface area (Å²) in [4.78, 5) is 35.9. The molecule has 1 aromatic rings. The molecule has 0 fully saturated rings. The van der Waals surface area contributed by atoms with Crippen molar-refractivity contribution in [2.45, 2.75) is 46.1 Å². The molecule has 1 aliphatic heterocycles. The Morgan fingerprint density at radius 2 is 1.76 bits per heavy atom. The molecule has 2 amide bonds. The number of ether oxygens (including phenoxy) is 3. The first-order chi connectivity index (χ1) is 13.6. The van der Waals surface area contributed by atoms with Crippen LogP contribution in [0.1, 0.15) is 40.2 Å². The lowest BCUT2D eigenvalue weighted by Gasteiger charge is -2.26. The Kier molecular flexibility index (Phi) is 7.25. The SMILES string of the molecule is CCOC(=O)C1=C(COC(=O)COc2ccc(C(C)(C)C)cc2)NC(=O)NC1C. The molecule has 1 aliphatic rings. The highest BCUT2D eigenvalue weighted by molar-refractivity contribution is 5.94. The smallest absolute Gasteiger partial charge is 0.344 e. The van der Waals surface area contributed by atoms with Crippen LogP contribution in [-0.4, -0.2) is 43.8 Å². The van der Waals surface area contributed by atoms with Crippen molar-refractivity contribution in [1.29, 1.82) is 0 Å². The molecule has 158 valence electrons. The molecule has 2 rings (SSSR count). The van der Waals surface area contributed by atoms with Crippen LogP contribution in [0.5, 0.6) is 5.75 Å². The van der Waals surface area contributed by atoms with Crippen LogP contribution < -0.4 is 15.4 Å². The highest BCUT2D eigenvalue weighted by atomic mass is 16.6. The highest BCUT2D eigenvalue weighted by Gasteiger charge is 2.30. The zero-order chi connectivity index (χ0) is 21.6. The number of hydrogen-bond acceptors (Lipinski definition) is 6. The van der Waals surface area contributed by atoms with E-state index in [1.54, 1.807) is 26.0 Å². The Hall–Kier alpha value is -3.03. The van der Waals surface area contributed by atoms with Crippen molar-refractivity contribution in [3.63, 3.8) is 0 Å². The van der Waals surface area contributed by atoms with Gasteiger partial charge in [0.25, 0.3) is 0 Å². The Balaban J connectivity index is 1.95. The highest BCUT2D eigenvalue weighted by Crippen LogP contribution is 2.24. The molecule has 0 aliphatic carbocycles. The lowest BCUT2D eigenvalue weighted by molar-refractivity contribution is -0.145. The number of benzene rings is 1. The van der Waals surface area contributed by atoms with Gasteiger partial charge in [-0.2, -0.15) is 0 Å². The number of amides is 2. The van der Waals surface area contributed by atoms with Crippen molar-refractivity contribution in [3.8, 4) is 5.75 Å². The fraction of sp³-hybridized carbons (Fsp3) is 0.476. The molecule has 0 saturated carbocycles. The van der Waals surface area contributed by atoms with E-state index in [-0.39, 0.29) is 36.5 Å². The molecular weight excluding hydrogens is 376 g/mol. The van der Waals surface area contributed by atoms with Gasteiger partial charge in [-0.1, -0.05) is 32.9 Å². The summed E-state index contributed by atoms with van der Waals surface area (Å²) < 4.78 is 15.6. The van der Waals surface area contributed by atoms with Gasteiger partial charge in [0, 0.05) is 0 Å².